The van der Waals surface area contributed by atoms with Crippen LogP contribution < -0.4 is 15.0 Å². The molecule has 0 unspecified atom stereocenters. The molecule has 0 bridgehead atoms. The van der Waals surface area contributed by atoms with Crippen LogP contribution in [-0.4, -0.2) is 19.4 Å². The molecule has 1 aliphatic carbocycles. The van der Waals surface area contributed by atoms with Gasteiger partial charge in [0.05, 0.1) is 0 Å². The molecule has 2 aromatic rings. The Morgan fingerprint density at radius 3 is 2.70 bits per heavy atom. The van der Waals surface area contributed by atoms with Crippen molar-refractivity contribution in [3.05, 3.63) is 45.7 Å². The van der Waals surface area contributed by atoms with Gasteiger partial charge in [-0.25, -0.2) is 0 Å². The second-order valence-electron chi connectivity index (χ2n) is 6.14. The average molecular weight is 335 g/mol. The van der Waals surface area contributed by atoms with Crippen LogP contribution in [0, 0.1) is 6.92 Å². The van der Waals surface area contributed by atoms with Crippen LogP contribution in [0.15, 0.2) is 29.1 Å². The van der Waals surface area contributed by atoms with E-state index in [1.807, 2.05) is 25.1 Å². The van der Waals surface area contributed by atoms with E-state index in [9.17, 15) is 13.2 Å². The van der Waals surface area contributed by atoms with E-state index in [1.165, 1.54) is 0 Å². The Hall–Kier alpha value is -1.70. The molecule has 1 fully saturated rings. The first kappa shape index (κ1) is 16.2. The topological polar surface area (TPSA) is 91.1 Å². The monoisotopic (exact) mass is 335 g/mol. The van der Waals surface area contributed by atoms with Crippen molar-refractivity contribution in [2.45, 2.75) is 45.2 Å². The first-order valence-electron chi connectivity index (χ1n) is 7.82. The van der Waals surface area contributed by atoms with E-state index in [4.69, 9.17) is 0 Å². The number of pyridine rings is 1. The number of rotatable bonds is 5. The summed E-state index contributed by atoms with van der Waals surface area (Å²) in [7, 11) is -3.59. The number of aromatic nitrogens is 1. The molecule has 0 radical (unpaired) electrons. The molecule has 3 N–H and O–H groups in total. The fraction of sp³-hybridized carbons (Fsp3) is 0.438. The van der Waals surface area contributed by atoms with Gasteiger partial charge in [0, 0.05) is 23.7 Å². The van der Waals surface area contributed by atoms with E-state index in [0.717, 1.165) is 42.1 Å². The van der Waals surface area contributed by atoms with Crippen molar-refractivity contribution >= 4 is 21.1 Å². The predicted molar refractivity (Wildman–Crippen MR) is 90.5 cm³/mol. The normalized spacial score (nSPS) is 16.2. The highest BCUT2D eigenvalue weighted by Gasteiger charge is 2.21. The molecule has 1 aromatic heterocycles. The molecule has 0 amide bonds. The predicted octanol–water partition coefficient (Wildman–Crippen LogP) is 1.70. The number of hydrogen-bond acceptors (Lipinski definition) is 3. The van der Waals surface area contributed by atoms with Crippen molar-refractivity contribution in [1.82, 2.24) is 14.4 Å². The Labute approximate surface area is 135 Å². The summed E-state index contributed by atoms with van der Waals surface area (Å²) in [6.07, 6.45) is 3.85. The van der Waals surface area contributed by atoms with Crippen molar-refractivity contribution in [3.63, 3.8) is 0 Å². The first-order valence-corrected chi connectivity index (χ1v) is 9.31. The van der Waals surface area contributed by atoms with Crippen LogP contribution in [-0.2, 0) is 16.8 Å². The third-order valence-corrected chi connectivity index (χ3v) is 5.37. The van der Waals surface area contributed by atoms with Crippen LogP contribution in [0.3, 0.4) is 0 Å². The first-order chi connectivity index (χ1) is 10.9. The molecular weight excluding hydrogens is 314 g/mol. The maximum Gasteiger partial charge on any atom is 0.277 e. The Bertz CT molecular complexity index is 868. The van der Waals surface area contributed by atoms with Gasteiger partial charge in [-0.3, -0.25) is 4.79 Å². The highest BCUT2D eigenvalue weighted by atomic mass is 32.2. The second-order valence-corrected chi connectivity index (χ2v) is 7.67. The van der Waals surface area contributed by atoms with E-state index in [-0.39, 0.29) is 18.1 Å². The fourth-order valence-corrected chi connectivity index (χ4v) is 4.08. The van der Waals surface area contributed by atoms with E-state index < -0.39 is 10.2 Å². The van der Waals surface area contributed by atoms with Crippen molar-refractivity contribution in [1.29, 1.82) is 0 Å². The summed E-state index contributed by atoms with van der Waals surface area (Å²) in [6.45, 7) is 1.94. The number of hydrogen-bond donors (Lipinski definition) is 3. The van der Waals surface area contributed by atoms with Crippen LogP contribution >= 0.6 is 0 Å². The van der Waals surface area contributed by atoms with Crippen LogP contribution in [0.25, 0.3) is 10.9 Å². The molecule has 0 saturated heterocycles. The van der Waals surface area contributed by atoms with E-state index in [2.05, 4.69) is 14.4 Å². The van der Waals surface area contributed by atoms with Gasteiger partial charge < -0.3 is 4.98 Å². The summed E-state index contributed by atoms with van der Waals surface area (Å²) in [5.41, 5.74) is 1.96. The Morgan fingerprint density at radius 1 is 1.22 bits per heavy atom. The lowest BCUT2D eigenvalue weighted by atomic mass is 10.1. The van der Waals surface area contributed by atoms with Crippen LogP contribution in [0.2, 0.25) is 0 Å². The molecule has 1 saturated carbocycles. The van der Waals surface area contributed by atoms with Crippen LogP contribution in [0.4, 0.5) is 0 Å². The van der Waals surface area contributed by atoms with Gasteiger partial charge in [-0.1, -0.05) is 24.5 Å². The van der Waals surface area contributed by atoms with Gasteiger partial charge in [-0.05, 0) is 43.4 Å². The van der Waals surface area contributed by atoms with E-state index in [1.54, 1.807) is 6.07 Å². The Kier molecular flexibility index (Phi) is 4.52. The van der Waals surface area contributed by atoms with Gasteiger partial charge in [-0.2, -0.15) is 17.9 Å². The van der Waals surface area contributed by atoms with Crippen molar-refractivity contribution < 1.29 is 8.42 Å². The summed E-state index contributed by atoms with van der Waals surface area (Å²) >= 11 is 0. The van der Waals surface area contributed by atoms with Crippen molar-refractivity contribution in [2.24, 2.45) is 0 Å². The molecule has 1 aromatic carbocycles. The van der Waals surface area contributed by atoms with Crippen molar-refractivity contribution in [3.8, 4) is 0 Å². The molecule has 6 nitrogen and oxygen atoms in total. The molecule has 124 valence electrons. The number of benzene rings is 1. The molecule has 3 rings (SSSR count). The second kappa shape index (κ2) is 6.43. The van der Waals surface area contributed by atoms with E-state index >= 15 is 0 Å². The summed E-state index contributed by atoms with van der Waals surface area (Å²) < 4.78 is 29.2. The van der Waals surface area contributed by atoms with Gasteiger partial charge in [0.2, 0.25) is 0 Å². The minimum absolute atomic E-state index is 0.00466. The largest absolute Gasteiger partial charge is 0.322 e. The van der Waals surface area contributed by atoms with Gasteiger partial charge in [0.25, 0.3) is 15.8 Å². The third-order valence-electron chi connectivity index (χ3n) is 4.21. The molecule has 23 heavy (non-hydrogen) atoms. The summed E-state index contributed by atoms with van der Waals surface area (Å²) in [5.74, 6) is 0. The van der Waals surface area contributed by atoms with Gasteiger partial charge in [0.1, 0.15) is 0 Å². The third kappa shape index (κ3) is 3.99. The zero-order valence-corrected chi connectivity index (χ0v) is 13.9. The lowest BCUT2D eigenvalue weighted by molar-refractivity contribution is 0.538. The van der Waals surface area contributed by atoms with Crippen molar-refractivity contribution in [2.75, 3.05) is 0 Å². The maximum atomic E-state index is 12.1. The fourth-order valence-electron chi connectivity index (χ4n) is 2.98. The summed E-state index contributed by atoms with van der Waals surface area (Å²) in [6, 6.07) is 7.47. The maximum absolute atomic E-state index is 12.1. The minimum Gasteiger partial charge on any atom is -0.322 e. The van der Waals surface area contributed by atoms with Gasteiger partial charge in [0.15, 0.2) is 0 Å². The smallest absolute Gasteiger partial charge is 0.277 e. The number of aryl methyl sites for hydroxylation is 1. The highest BCUT2D eigenvalue weighted by molar-refractivity contribution is 7.87. The Balaban J connectivity index is 1.75. The number of nitrogens with one attached hydrogen (secondary N) is 3. The number of fused-ring (bicyclic) bond motifs is 1. The average Bonchev–Trinajstić information content (AvgIpc) is 2.97. The zero-order chi connectivity index (χ0) is 16.4. The number of H-pyrrole nitrogens is 1. The molecule has 1 aliphatic rings. The van der Waals surface area contributed by atoms with Crippen LogP contribution in [0.1, 0.15) is 36.8 Å². The van der Waals surface area contributed by atoms with Gasteiger partial charge in [-0.15, -0.1) is 0 Å². The number of aromatic amines is 1. The SMILES string of the molecule is Cc1ccc2[nH]c(=O)c(CNS(=O)(=O)NC3CCCC3)cc2c1. The Morgan fingerprint density at radius 2 is 1.96 bits per heavy atom. The quantitative estimate of drug-likeness (QED) is 0.777. The zero-order valence-electron chi connectivity index (χ0n) is 13.1. The van der Waals surface area contributed by atoms with E-state index in [0.29, 0.717) is 5.56 Å². The lowest BCUT2D eigenvalue weighted by Gasteiger charge is -2.13. The van der Waals surface area contributed by atoms with Crippen LogP contribution in [0.5, 0.6) is 0 Å². The molecule has 1 heterocycles. The summed E-state index contributed by atoms with van der Waals surface area (Å²) in [5, 5.41) is 0.891. The highest BCUT2D eigenvalue weighted by Crippen LogP contribution is 2.18. The molecule has 7 heteroatoms. The lowest BCUT2D eigenvalue weighted by Crippen LogP contribution is -2.41. The molecular formula is C16H21N3O3S. The molecule has 0 spiro atoms. The standard InChI is InChI=1S/C16H21N3O3S/c1-11-6-7-15-12(8-11)9-13(16(20)18-15)10-17-23(21,22)19-14-4-2-3-5-14/h6-9,14,17,19H,2-5,10H2,1H3,(H,18,20). The molecule has 0 atom stereocenters. The molecule has 0 aliphatic heterocycles. The van der Waals surface area contributed by atoms with Gasteiger partial charge >= 0.3 is 0 Å². The minimum atomic E-state index is -3.59. The summed E-state index contributed by atoms with van der Waals surface area (Å²) in [4.78, 5) is 14.9.